The third-order valence-electron chi connectivity index (χ3n) is 5.42. The number of halogens is 1. The van der Waals surface area contributed by atoms with Gasteiger partial charge in [0.25, 0.3) is 0 Å². The highest BCUT2D eigenvalue weighted by Crippen LogP contribution is 2.25. The van der Waals surface area contributed by atoms with Crippen LogP contribution in [0.15, 0.2) is 42.5 Å². The summed E-state index contributed by atoms with van der Waals surface area (Å²) in [6, 6.07) is 13.7. The molecule has 5 nitrogen and oxygen atoms in total. The van der Waals surface area contributed by atoms with Gasteiger partial charge in [-0.3, -0.25) is 4.79 Å². The summed E-state index contributed by atoms with van der Waals surface area (Å²) >= 11 is 6.44. The number of imidazole rings is 1. The molecule has 2 aromatic carbocycles. The van der Waals surface area contributed by atoms with Gasteiger partial charge in [-0.1, -0.05) is 30.7 Å². The van der Waals surface area contributed by atoms with Crippen LogP contribution >= 0.6 is 11.6 Å². The summed E-state index contributed by atoms with van der Waals surface area (Å²) in [7, 11) is 0. The van der Waals surface area contributed by atoms with Crippen LogP contribution in [0.25, 0.3) is 11.0 Å². The molecule has 1 fully saturated rings. The number of para-hydroxylation sites is 2. The lowest BCUT2D eigenvalue weighted by molar-refractivity contribution is -0.121. The molecule has 0 radical (unpaired) electrons. The Balaban J connectivity index is 1.57. The van der Waals surface area contributed by atoms with Gasteiger partial charge in [0, 0.05) is 16.6 Å². The van der Waals surface area contributed by atoms with Crippen LogP contribution in [0.3, 0.4) is 0 Å². The Kier molecular flexibility index (Phi) is 4.89. The van der Waals surface area contributed by atoms with E-state index in [0.29, 0.717) is 17.5 Å². The smallest absolute Gasteiger partial charge is 0.227 e. The number of nitrogens with one attached hydrogen (secondary N) is 2. The van der Waals surface area contributed by atoms with Crippen molar-refractivity contribution in [1.29, 1.82) is 0 Å². The van der Waals surface area contributed by atoms with Gasteiger partial charge < -0.3 is 15.2 Å². The summed E-state index contributed by atoms with van der Waals surface area (Å²) in [6.07, 6.45) is 0. The first-order chi connectivity index (χ1) is 13.0. The Morgan fingerprint density at radius 1 is 1.33 bits per heavy atom. The minimum absolute atomic E-state index is 0.00906. The number of nitrogens with zero attached hydrogens (tertiary/aromatic N) is 2. The fourth-order valence-electron chi connectivity index (χ4n) is 3.47. The van der Waals surface area contributed by atoms with Crippen LogP contribution in [-0.2, 0) is 11.3 Å². The highest BCUT2D eigenvalue weighted by atomic mass is 35.5. The van der Waals surface area contributed by atoms with Crippen molar-refractivity contribution in [2.75, 3.05) is 18.4 Å². The van der Waals surface area contributed by atoms with E-state index in [4.69, 9.17) is 11.6 Å². The van der Waals surface area contributed by atoms with Crippen LogP contribution < -0.4 is 10.6 Å². The van der Waals surface area contributed by atoms with Crippen LogP contribution in [0.4, 0.5) is 5.69 Å². The van der Waals surface area contributed by atoms with Crippen LogP contribution in [0, 0.1) is 18.8 Å². The number of anilines is 1. The summed E-state index contributed by atoms with van der Waals surface area (Å²) in [4.78, 5) is 17.1. The number of aryl methyl sites for hydroxylation is 1. The highest BCUT2D eigenvalue weighted by Gasteiger charge is 2.28. The Bertz CT molecular complexity index is 993. The summed E-state index contributed by atoms with van der Waals surface area (Å²) in [5.41, 5.74) is 3.78. The average Bonchev–Trinajstić information content (AvgIpc) is 2.92. The lowest BCUT2D eigenvalue weighted by Crippen LogP contribution is -2.48. The second kappa shape index (κ2) is 7.33. The molecule has 1 aliphatic rings. The minimum Gasteiger partial charge on any atom is -0.326 e. The maximum absolute atomic E-state index is 12.5. The lowest BCUT2D eigenvalue weighted by atomic mass is 9.88. The largest absolute Gasteiger partial charge is 0.326 e. The second-order valence-corrected chi connectivity index (χ2v) is 7.64. The standard InChI is InChI=1S/C21H23ClN4O/c1-13(16-10-23-11-16)21(27)25-17-7-8-18(22)15(9-17)12-26-14(2)24-19-5-3-4-6-20(19)26/h3-9,13,16,23H,10-12H2,1-2H3,(H,25,27). The first kappa shape index (κ1) is 18.0. The van der Waals surface area contributed by atoms with Gasteiger partial charge >= 0.3 is 0 Å². The second-order valence-electron chi connectivity index (χ2n) is 7.24. The third kappa shape index (κ3) is 3.57. The van der Waals surface area contributed by atoms with E-state index in [0.717, 1.165) is 41.2 Å². The van der Waals surface area contributed by atoms with E-state index in [1.165, 1.54) is 0 Å². The van der Waals surface area contributed by atoms with Gasteiger partial charge in [-0.25, -0.2) is 4.98 Å². The van der Waals surface area contributed by atoms with E-state index in [-0.39, 0.29) is 11.8 Å². The molecule has 2 heterocycles. The van der Waals surface area contributed by atoms with Crippen LogP contribution in [0.5, 0.6) is 0 Å². The number of carbonyl (C=O) groups is 1. The summed E-state index contributed by atoms with van der Waals surface area (Å²) in [5, 5.41) is 6.94. The van der Waals surface area contributed by atoms with Gasteiger partial charge in [0.2, 0.25) is 5.91 Å². The summed E-state index contributed by atoms with van der Waals surface area (Å²) in [5.74, 6) is 1.40. The number of carbonyl (C=O) groups excluding carboxylic acids is 1. The Morgan fingerprint density at radius 3 is 2.85 bits per heavy atom. The molecule has 4 rings (SSSR count). The molecule has 3 aromatic rings. The van der Waals surface area contributed by atoms with Gasteiger partial charge in [0.05, 0.1) is 17.6 Å². The maximum atomic E-state index is 12.5. The third-order valence-corrected chi connectivity index (χ3v) is 5.79. The molecule has 1 saturated heterocycles. The summed E-state index contributed by atoms with van der Waals surface area (Å²) in [6.45, 7) is 6.41. The van der Waals surface area contributed by atoms with E-state index < -0.39 is 0 Å². The number of hydrogen-bond donors (Lipinski definition) is 2. The molecule has 1 aromatic heterocycles. The molecule has 1 atom stereocenters. The van der Waals surface area contributed by atoms with Crippen molar-refractivity contribution in [3.63, 3.8) is 0 Å². The normalized spacial score (nSPS) is 15.5. The fourth-order valence-corrected chi connectivity index (χ4v) is 3.65. The first-order valence-corrected chi connectivity index (χ1v) is 9.62. The average molecular weight is 383 g/mol. The maximum Gasteiger partial charge on any atom is 0.227 e. The zero-order chi connectivity index (χ0) is 19.0. The molecule has 2 N–H and O–H groups in total. The lowest BCUT2D eigenvalue weighted by Gasteiger charge is -2.31. The van der Waals surface area contributed by atoms with Gasteiger partial charge in [-0.15, -0.1) is 0 Å². The van der Waals surface area contributed by atoms with Crippen molar-refractivity contribution in [1.82, 2.24) is 14.9 Å². The monoisotopic (exact) mass is 382 g/mol. The van der Waals surface area contributed by atoms with Gasteiger partial charge in [-0.05, 0) is 61.8 Å². The molecule has 0 spiro atoms. The van der Waals surface area contributed by atoms with Crippen molar-refractivity contribution in [2.24, 2.45) is 11.8 Å². The van der Waals surface area contributed by atoms with E-state index in [2.05, 4.69) is 26.3 Å². The molecule has 140 valence electrons. The number of amides is 1. The Hall–Kier alpha value is -2.37. The number of fused-ring (bicyclic) bond motifs is 1. The Morgan fingerprint density at radius 2 is 2.11 bits per heavy atom. The van der Waals surface area contributed by atoms with Crippen molar-refractivity contribution < 1.29 is 4.79 Å². The predicted octanol–water partition coefficient (Wildman–Crippen LogP) is 3.84. The van der Waals surface area contributed by atoms with E-state index >= 15 is 0 Å². The van der Waals surface area contributed by atoms with Crippen LogP contribution in [0.2, 0.25) is 5.02 Å². The number of aromatic nitrogens is 2. The highest BCUT2D eigenvalue weighted by molar-refractivity contribution is 6.31. The molecule has 1 unspecified atom stereocenters. The van der Waals surface area contributed by atoms with Crippen LogP contribution in [0.1, 0.15) is 18.3 Å². The first-order valence-electron chi connectivity index (χ1n) is 9.25. The number of hydrogen-bond acceptors (Lipinski definition) is 3. The van der Waals surface area contributed by atoms with Gasteiger partial charge in [0.1, 0.15) is 5.82 Å². The van der Waals surface area contributed by atoms with E-state index in [9.17, 15) is 4.79 Å². The topological polar surface area (TPSA) is 59.0 Å². The zero-order valence-electron chi connectivity index (χ0n) is 15.5. The molecular weight excluding hydrogens is 360 g/mol. The summed E-state index contributed by atoms with van der Waals surface area (Å²) < 4.78 is 2.14. The van der Waals surface area contributed by atoms with Crippen molar-refractivity contribution in [3.8, 4) is 0 Å². The van der Waals surface area contributed by atoms with Crippen molar-refractivity contribution in [2.45, 2.75) is 20.4 Å². The molecule has 1 aliphatic heterocycles. The Labute approximate surface area is 163 Å². The minimum atomic E-state index is -0.00906. The predicted molar refractivity (Wildman–Crippen MR) is 109 cm³/mol. The zero-order valence-corrected chi connectivity index (χ0v) is 16.3. The van der Waals surface area contributed by atoms with Crippen LogP contribution in [-0.4, -0.2) is 28.5 Å². The number of benzene rings is 2. The van der Waals surface area contributed by atoms with Crippen molar-refractivity contribution >= 4 is 34.2 Å². The number of rotatable bonds is 5. The van der Waals surface area contributed by atoms with Crippen molar-refractivity contribution in [3.05, 3.63) is 58.9 Å². The molecule has 6 heteroatoms. The molecule has 0 saturated carbocycles. The quantitative estimate of drug-likeness (QED) is 0.704. The SMILES string of the molecule is Cc1nc2ccccc2n1Cc1cc(NC(=O)C(C)C2CNC2)ccc1Cl. The molecular formula is C21H23ClN4O. The molecule has 0 aliphatic carbocycles. The van der Waals surface area contributed by atoms with Gasteiger partial charge in [-0.2, -0.15) is 0 Å². The molecule has 1 amide bonds. The molecule has 27 heavy (non-hydrogen) atoms. The van der Waals surface area contributed by atoms with E-state index in [1.807, 2.05) is 50.2 Å². The molecule has 0 bridgehead atoms. The van der Waals surface area contributed by atoms with E-state index in [1.54, 1.807) is 0 Å². The van der Waals surface area contributed by atoms with Gasteiger partial charge in [0.15, 0.2) is 0 Å². The fraction of sp³-hybridized carbons (Fsp3) is 0.333.